The van der Waals surface area contributed by atoms with Crippen LogP contribution in [0.4, 0.5) is 5.69 Å². The van der Waals surface area contributed by atoms with Crippen molar-refractivity contribution in [3.05, 3.63) is 82.4 Å². The Bertz CT molecular complexity index is 1190. The van der Waals surface area contributed by atoms with Gasteiger partial charge in [-0.05, 0) is 48.5 Å². The maximum absolute atomic E-state index is 12.6. The number of methoxy groups -OCH3 is 1. The number of thiazole rings is 1. The quantitative estimate of drug-likeness (QED) is 0.342. The zero-order valence-corrected chi connectivity index (χ0v) is 18.9. The van der Waals surface area contributed by atoms with Gasteiger partial charge in [-0.15, -0.1) is 11.3 Å². The van der Waals surface area contributed by atoms with Crippen LogP contribution in [0.3, 0.4) is 0 Å². The molecule has 0 spiro atoms. The summed E-state index contributed by atoms with van der Waals surface area (Å²) in [5, 5.41) is 5.63. The second kappa shape index (κ2) is 9.72. The fourth-order valence-corrected chi connectivity index (χ4v) is 4.04. The number of nitrogens with zero attached hydrogens (tertiary/aromatic N) is 2. The number of ether oxygens (including phenoxy) is 2. The Hall–Kier alpha value is -3.23. The lowest BCUT2D eigenvalue weighted by atomic mass is 10.2. The molecular formula is C23H18BrN3O3S. The standard InChI is InChI=1S/C23H18BrN3O3S/c1-29-18-7-9-19(10-8-18)30-22-20(6-3-11-25-22)27-21(28)13-17-14-31-23(26-17)15-4-2-5-16(24)12-15/h2-12,14H,13H2,1H3,(H,27,28). The first-order valence-corrected chi connectivity index (χ1v) is 11.0. The van der Waals surface area contributed by atoms with Crippen molar-refractivity contribution in [3.8, 4) is 28.0 Å². The van der Waals surface area contributed by atoms with Crippen molar-refractivity contribution in [2.75, 3.05) is 12.4 Å². The molecule has 0 fully saturated rings. The maximum atomic E-state index is 12.6. The summed E-state index contributed by atoms with van der Waals surface area (Å²) >= 11 is 4.98. The molecule has 4 rings (SSSR count). The number of anilines is 1. The molecule has 0 radical (unpaired) electrons. The Labute approximate surface area is 192 Å². The monoisotopic (exact) mass is 495 g/mol. The molecule has 0 bridgehead atoms. The second-order valence-corrected chi connectivity index (χ2v) is 8.29. The van der Waals surface area contributed by atoms with E-state index in [-0.39, 0.29) is 12.3 Å². The average Bonchev–Trinajstić information content (AvgIpc) is 3.24. The van der Waals surface area contributed by atoms with E-state index >= 15 is 0 Å². The second-order valence-electron chi connectivity index (χ2n) is 6.51. The van der Waals surface area contributed by atoms with Crippen LogP contribution in [0.2, 0.25) is 0 Å². The van der Waals surface area contributed by atoms with Crippen LogP contribution in [-0.2, 0) is 11.2 Å². The fraction of sp³-hybridized carbons (Fsp3) is 0.0870. The minimum Gasteiger partial charge on any atom is -0.497 e. The van der Waals surface area contributed by atoms with E-state index in [9.17, 15) is 4.79 Å². The molecule has 0 saturated heterocycles. The molecule has 31 heavy (non-hydrogen) atoms. The highest BCUT2D eigenvalue weighted by Crippen LogP contribution is 2.29. The van der Waals surface area contributed by atoms with Crippen molar-refractivity contribution in [1.29, 1.82) is 0 Å². The van der Waals surface area contributed by atoms with Crippen molar-refractivity contribution in [2.24, 2.45) is 0 Å². The zero-order valence-electron chi connectivity index (χ0n) is 16.5. The van der Waals surface area contributed by atoms with Crippen molar-refractivity contribution in [3.63, 3.8) is 0 Å². The van der Waals surface area contributed by atoms with E-state index in [4.69, 9.17) is 9.47 Å². The molecular weight excluding hydrogens is 478 g/mol. The number of hydrogen-bond donors (Lipinski definition) is 1. The molecule has 2 aromatic carbocycles. The molecule has 2 heterocycles. The predicted molar refractivity (Wildman–Crippen MR) is 125 cm³/mol. The molecule has 156 valence electrons. The van der Waals surface area contributed by atoms with Gasteiger partial charge in [0.1, 0.15) is 22.2 Å². The maximum Gasteiger partial charge on any atom is 0.243 e. The van der Waals surface area contributed by atoms with E-state index < -0.39 is 0 Å². The number of rotatable bonds is 7. The van der Waals surface area contributed by atoms with Crippen LogP contribution in [0, 0.1) is 0 Å². The lowest BCUT2D eigenvalue weighted by Crippen LogP contribution is -2.15. The van der Waals surface area contributed by atoms with Crippen LogP contribution >= 0.6 is 27.3 Å². The summed E-state index contributed by atoms with van der Waals surface area (Å²) in [6, 6.07) is 18.5. The minimum atomic E-state index is -0.196. The summed E-state index contributed by atoms with van der Waals surface area (Å²) in [5.74, 6) is 1.44. The van der Waals surface area contributed by atoms with E-state index in [1.807, 2.05) is 29.6 Å². The lowest BCUT2D eigenvalue weighted by Gasteiger charge is -2.11. The van der Waals surface area contributed by atoms with Crippen LogP contribution in [0.5, 0.6) is 17.4 Å². The van der Waals surface area contributed by atoms with Gasteiger partial charge in [-0.25, -0.2) is 9.97 Å². The zero-order chi connectivity index (χ0) is 21.6. The number of halogens is 1. The van der Waals surface area contributed by atoms with E-state index in [0.29, 0.717) is 23.0 Å². The number of hydrogen-bond acceptors (Lipinski definition) is 6. The summed E-state index contributed by atoms with van der Waals surface area (Å²) < 4.78 is 12.0. The van der Waals surface area contributed by atoms with Crippen molar-refractivity contribution >= 4 is 38.9 Å². The van der Waals surface area contributed by atoms with Crippen LogP contribution in [-0.4, -0.2) is 23.0 Å². The molecule has 1 N–H and O–H groups in total. The third kappa shape index (κ3) is 5.48. The predicted octanol–water partition coefficient (Wildman–Crippen LogP) is 5.95. The Morgan fingerprint density at radius 1 is 1.10 bits per heavy atom. The number of benzene rings is 2. The number of carbonyl (C=O) groups excluding carboxylic acids is 1. The van der Waals surface area contributed by atoms with Crippen LogP contribution in [0.1, 0.15) is 5.69 Å². The molecule has 0 aliphatic rings. The Kier molecular flexibility index (Phi) is 6.59. The highest BCUT2D eigenvalue weighted by atomic mass is 79.9. The number of carbonyl (C=O) groups is 1. The summed E-state index contributed by atoms with van der Waals surface area (Å²) in [6.07, 6.45) is 1.76. The normalized spacial score (nSPS) is 10.5. The third-order valence-electron chi connectivity index (χ3n) is 4.28. The van der Waals surface area contributed by atoms with Crippen LogP contribution in [0.25, 0.3) is 10.6 Å². The van der Waals surface area contributed by atoms with Gasteiger partial charge in [-0.2, -0.15) is 0 Å². The average molecular weight is 496 g/mol. The highest BCUT2D eigenvalue weighted by molar-refractivity contribution is 9.10. The first-order valence-electron chi connectivity index (χ1n) is 9.38. The largest absolute Gasteiger partial charge is 0.497 e. The summed E-state index contributed by atoms with van der Waals surface area (Å²) in [5.41, 5.74) is 2.21. The number of nitrogens with one attached hydrogen (secondary N) is 1. The van der Waals surface area contributed by atoms with Crippen molar-refractivity contribution in [1.82, 2.24) is 9.97 Å². The van der Waals surface area contributed by atoms with Gasteiger partial charge in [0.25, 0.3) is 0 Å². The Morgan fingerprint density at radius 2 is 1.90 bits per heavy atom. The van der Waals surface area contributed by atoms with E-state index in [0.717, 1.165) is 20.8 Å². The van der Waals surface area contributed by atoms with Gasteiger partial charge in [0, 0.05) is 21.6 Å². The van der Waals surface area contributed by atoms with Gasteiger partial charge in [0.05, 0.1) is 19.2 Å². The summed E-state index contributed by atoms with van der Waals surface area (Å²) in [6.45, 7) is 0. The van der Waals surface area contributed by atoms with E-state index in [2.05, 4.69) is 31.2 Å². The van der Waals surface area contributed by atoms with Gasteiger partial charge >= 0.3 is 0 Å². The van der Waals surface area contributed by atoms with E-state index in [1.54, 1.807) is 49.7 Å². The Balaban J connectivity index is 1.43. The number of aromatic nitrogens is 2. The summed E-state index contributed by atoms with van der Waals surface area (Å²) in [7, 11) is 1.60. The topological polar surface area (TPSA) is 73.3 Å². The fourth-order valence-electron chi connectivity index (χ4n) is 2.82. The van der Waals surface area contributed by atoms with E-state index in [1.165, 1.54) is 11.3 Å². The molecule has 2 aromatic heterocycles. The van der Waals surface area contributed by atoms with Crippen molar-refractivity contribution in [2.45, 2.75) is 6.42 Å². The highest BCUT2D eigenvalue weighted by Gasteiger charge is 2.13. The van der Waals surface area contributed by atoms with Crippen LogP contribution in [0.15, 0.2) is 76.7 Å². The first-order chi connectivity index (χ1) is 15.1. The molecule has 0 atom stereocenters. The molecule has 6 nitrogen and oxygen atoms in total. The molecule has 0 unspecified atom stereocenters. The molecule has 0 saturated carbocycles. The molecule has 0 aliphatic heterocycles. The third-order valence-corrected chi connectivity index (χ3v) is 5.72. The number of amides is 1. The minimum absolute atomic E-state index is 0.154. The summed E-state index contributed by atoms with van der Waals surface area (Å²) in [4.78, 5) is 21.4. The van der Waals surface area contributed by atoms with Crippen molar-refractivity contribution < 1.29 is 14.3 Å². The van der Waals surface area contributed by atoms with Gasteiger partial charge in [-0.1, -0.05) is 28.1 Å². The van der Waals surface area contributed by atoms with Crippen LogP contribution < -0.4 is 14.8 Å². The van der Waals surface area contributed by atoms with Gasteiger partial charge in [0.2, 0.25) is 11.8 Å². The van der Waals surface area contributed by atoms with Gasteiger partial charge < -0.3 is 14.8 Å². The smallest absolute Gasteiger partial charge is 0.243 e. The molecule has 8 heteroatoms. The SMILES string of the molecule is COc1ccc(Oc2ncccc2NC(=O)Cc2csc(-c3cccc(Br)c3)n2)cc1. The van der Waals surface area contributed by atoms with Gasteiger partial charge in [0.15, 0.2) is 0 Å². The Morgan fingerprint density at radius 3 is 2.68 bits per heavy atom. The lowest BCUT2D eigenvalue weighted by molar-refractivity contribution is -0.115. The molecule has 0 aliphatic carbocycles. The molecule has 1 amide bonds. The first kappa shape index (κ1) is 21.0. The number of pyridine rings is 1. The van der Waals surface area contributed by atoms with Gasteiger partial charge in [-0.3, -0.25) is 4.79 Å². The molecule has 4 aromatic rings.